The van der Waals surface area contributed by atoms with Crippen molar-refractivity contribution in [2.45, 2.75) is 38.3 Å². The van der Waals surface area contributed by atoms with Crippen LogP contribution in [0.5, 0.6) is 0 Å². The van der Waals surface area contributed by atoms with Crippen molar-refractivity contribution >= 4 is 23.3 Å². The first kappa shape index (κ1) is 20.5. The van der Waals surface area contributed by atoms with Crippen molar-refractivity contribution in [3.8, 4) is 0 Å². The average Bonchev–Trinajstić information content (AvgIpc) is 2.65. The highest BCUT2D eigenvalue weighted by Crippen LogP contribution is 2.20. The van der Waals surface area contributed by atoms with Gasteiger partial charge in [-0.25, -0.2) is 0 Å². The number of benzene rings is 2. The van der Waals surface area contributed by atoms with Crippen molar-refractivity contribution in [1.29, 1.82) is 0 Å². The van der Waals surface area contributed by atoms with E-state index in [1.165, 1.54) is 0 Å². The molecule has 27 heavy (non-hydrogen) atoms. The molecule has 2 unspecified atom stereocenters. The molecule has 2 rings (SSSR count). The molecule has 1 amide bonds. The fourth-order valence-electron chi connectivity index (χ4n) is 2.81. The van der Waals surface area contributed by atoms with Gasteiger partial charge in [0.1, 0.15) is 6.23 Å². The second kappa shape index (κ2) is 11.0. The molecule has 0 saturated heterocycles. The molecule has 2 aromatic rings. The first-order chi connectivity index (χ1) is 13.1. The van der Waals surface area contributed by atoms with Crippen LogP contribution in [0.4, 0.5) is 11.4 Å². The molecule has 6 nitrogen and oxygen atoms in total. The number of amides is 1. The zero-order chi connectivity index (χ0) is 19.5. The SMILES string of the molecule is O=C(O)CCCCCC(C(=O)Nc1ccccc1)C(O)Nc1ccccc1. The lowest BCUT2D eigenvalue weighted by molar-refractivity contribution is -0.137. The summed E-state index contributed by atoms with van der Waals surface area (Å²) < 4.78 is 0. The number of para-hydroxylation sites is 2. The van der Waals surface area contributed by atoms with E-state index in [0.717, 1.165) is 5.69 Å². The maximum Gasteiger partial charge on any atom is 0.303 e. The van der Waals surface area contributed by atoms with E-state index in [1.807, 2.05) is 48.5 Å². The second-order valence-corrected chi connectivity index (χ2v) is 6.41. The number of rotatable bonds is 11. The Bertz CT molecular complexity index is 707. The highest BCUT2D eigenvalue weighted by Gasteiger charge is 2.26. The van der Waals surface area contributed by atoms with Crippen LogP contribution in [0, 0.1) is 5.92 Å². The third kappa shape index (κ3) is 7.50. The summed E-state index contributed by atoms with van der Waals surface area (Å²) in [6, 6.07) is 18.3. The molecule has 0 radical (unpaired) electrons. The van der Waals surface area contributed by atoms with Crippen molar-refractivity contribution in [2.75, 3.05) is 10.6 Å². The van der Waals surface area contributed by atoms with Crippen molar-refractivity contribution in [1.82, 2.24) is 0 Å². The molecular formula is C21H26N2O4. The van der Waals surface area contributed by atoms with Gasteiger partial charge in [-0.05, 0) is 37.1 Å². The van der Waals surface area contributed by atoms with Gasteiger partial charge in [-0.3, -0.25) is 9.59 Å². The second-order valence-electron chi connectivity index (χ2n) is 6.41. The fourth-order valence-corrected chi connectivity index (χ4v) is 2.81. The number of hydrogen-bond acceptors (Lipinski definition) is 4. The van der Waals surface area contributed by atoms with Gasteiger partial charge in [-0.1, -0.05) is 49.2 Å². The molecule has 0 bridgehead atoms. The molecule has 0 aliphatic rings. The smallest absolute Gasteiger partial charge is 0.303 e. The topological polar surface area (TPSA) is 98.7 Å². The quantitative estimate of drug-likeness (QED) is 0.357. The van der Waals surface area contributed by atoms with E-state index in [-0.39, 0.29) is 12.3 Å². The maximum atomic E-state index is 12.7. The Morgan fingerprint density at radius 2 is 1.44 bits per heavy atom. The molecule has 144 valence electrons. The highest BCUT2D eigenvalue weighted by atomic mass is 16.4. The summed E-state index contributed by atoms with van der Waals surface area (Å²) in [5.74, 6) is -1.75. The van der Waals surface area contributed by atoms with Gasteiger partial charge in [-0.15, -0.1) is 0 Å². The molecule has 2 atom stereocenters. The van der Waals surface area contributed by atoms with Gasteiger partial charge in [0.2, 0.25) is 5.91 Å². The summed E-state index contributed by atoms with van der Waals surface area (Å²) in [5.41, 5.74) is 1.40. The number of anilines is 2. The minimum Gasteiger partial charge on any atom is -0.481 e. The Balaban J connectivity index is 1.97. The van der Waals surface area contributed by atoms with Crippen LogP contribution < -0.4 is 10.6 Å². The number of aliphatic carboxylic acids is 1. The fraction of sp³-hybridized carbons (Fsp3) is 0.333. The molecule has 0 spiro atoms. The van der Waals surface area contributed by atoms with Crippen molar-refractivity contribution in [3.05, 3.63) is 60.7 Å². The van der Waals surface area contributed by atoms with Gasteiger partial charge in [0.05, 0.1) is 5.92 Å². The predicted octanol–water partition coefficient (Wildman–Crippen LogP) is 3.71. The van der Waals surface area contributed by atoms with E-state index >= 15 is 0 Å². The van der Waals surface area contributed by atoms with E-state index in [9.17, 15) is 14.7 Å². The molecule has 0 aliphatic carbocycles. The summed E-state index contributed by atoms with van der Waals surface area (Å²) in [7, 11) is 0. The number of carboxylic acid groups (broad SMARTS) is 1. The van der Waals surface area contributed by atoms with E-state index in [4.69, 9.17) is 5.11 Å². The number of carbonyl (C=O) groups is 2. The van der Waals surface area contributed by atoms with E-state index in [2.05, 4.69) is 10.6 Å². The number of hydrogen-bond donors (Lipinski definition) is 4. The number of unbranched alkanes of at least 4 members (excludes halogenated alkanes) is 2. The van der Waals surface area contributed by atoms with Crippen molar-refractivity contribution in [2.24, 2.45) is 5.92 Å². The van der Waals surface area contributed by atoms with Crippen LogP contribution in [0.1, 0.15) is 32.1 Å². The van der Waals surface area contributed by atoms with Crippen molar-refractivity contribution in [3.63, 3.8) is 0 Å². The first-order valence-corrected chi connectivity index (χ1v) is 9.13. The lowest BCUT2D eigenvalue weighted by Gasteiger charge is -2.24. The Morgan fingerprint density at radius 3 is 2.04 bits per heavy atom. The number of carbonyl (C=O) groups excluding carboxylic acids is 1. The molecule has 0 aliphatic heterocycles. The van der Waals surface area contributed by atoms with Gasteiger partial charge in [0, 0.05) is 17.8 Å². The molecule has 6 heteroatoms. The minimum atomic E-state index is -1.05. The van der Waals surface area contributed by atoms with Gasteiger partial charge in [0.15, 0.2) is 0 Å². The monoisotopic (exact) mass is 370 g/mol. The summed E-state index contributed by atoms with van der Waals surface area (Å²) in [5, 5.41) is 25.1. The Kier molecular flexibility index (Phi) is 8.32. The van der Waals surface area contributed by atoms with E-state index < -0.39 is 18.1 Å². The van der Waals surface area contributed by atoms with E-state index in [1.54, 1.807) is 12.1 Å². The molecule has 4 N–H and O–H groups in total. The molecule has 0 heterocycles. The Hall–Kier alpha value is -2.86. The largest absolute Gasteiger partial charge is 0.481 e. The summed E-state index contributed by atoms with van der Waals surface area (Å²) in [4.78, 5) is 23.3. The van der Waals surface area contributed by atoms with Crippen molar-refractivity contribution < 1.29 is 19.8 Å². The van der Waals surface area contributed by atoms with Gasteiger partial charge >= 0.3 is 5.97 Å². The molecule has 0 aromatic heterocycles. The third-order valence-corrected chi connectivity index (χ3v) is 4.25. The Labute approximate surface area is 159 Å². The zero-order valence-corrected chi connectivity index (χ0v) is 15.2. The minimum absolute atomic E-state index is 0.117. The lowest BCUT2D eigenvalue weighted by atomic mass is 9.97. The number of aliphatic hydroxyl groups excluding tert-OH is 1. The maximum absolute atomic E-state index is 12.7. The van der Waals surface area contributed by atoms with E-state index in [0.29, 0.717) is 31.4 Å². The van der Waals surface area contributed by atoms with Crippen LogP contribution in [0.3, 0.4) is 0 Å². The van der Waals surface area contributed by atoms with Crippen LogP contribution in [-0.2, 0) is 9.59 Å². The van der Waals surface area contributed by atoms with Gasteiger partial charge in [0.25, 0.3) is 0 Å². The van der Waals surface area contributed by atoms with Gasteiger partial charge < -0.3 is 20.8 Å². The van der Waals surface area contributed by atoms with Crippen LogP contribution in [0.25, 0.3) is 0 Å². The van der Waals surface area contributed by atoms with Gasteiger partial charge in [-0.2, -0.15) is 0 Å². The van der Waals surface area contributed by atoms with Crippen LogP contribution in [0.15, 0.2) is 60.7 Å². The summed E-state index contributed by atoms with van der Waals surface area (Å²) in [6.07, 6.45) is 1.44. The normalized spacial score (nSPS) is 12.8. The zero-order valence-electron chi connectivity index (χ0n) is 15.2. The van der Waals surface area contributed by atoms with Crippen LogP contribution in [0.2, 0.25) is 0 Å². The van der Waals surface area contributed by atoms with Crippen LogP contribution >= 0.6 is 0 Å². The molecule has 2 aromatic carbocycles. The molecular weight excluding hydrogens is 344 g/mol. The molecule has 0 saturated carbocycles. The predicted molar refractivity (Wildman–Crippen MR) is 105 cm³/mol. The Morgan fingerprint density at radius 1 is 0.852 bits per heavy atom. The molecule has 0 fully saturated rings. The number of carboxylic acids is 1. The first-order valence-electron chi connectivity index (χ1n) is 9.13. The standard InChI is InChI=1S/C21H26N2O4/c24-19(25)15-9-3-8-14-18(20(26)22-16-10-4-1-5-11-16)21(27)23-17-12-6-2-7-13-17/h1-2,4-7,10-13,18,20,22,26H,3,8-9,14-15H2,(H,23,27)(H,24,25). The average molecular weight is 370 g/mol. The number of nitrogens with one attached hydrogen (secondary N) is 2. The summed E-state index contributed by atoms with van der Waals surface area (Å²) >= 11 is 0. The van der Waals surface area contributed by atoms with Crippen LogP contribution in [-0.4, -0.2) is 28.3 Å². The highest BCUT2D eigenvalue weighted by molar-refractivity contribution is 5.93. The summed E-state index contributed by atoms with van der Waals surface area (Å²) in [6.45, 7) is 0. The number of aliphatic hydroxyl groups is 1. The third-order valence-electron chi connectivity index (χ3n) is 4.25. The lowest BCUT2D eigenvalue weighted by Crippen LogP contribution is -2.37.